The molecule has 32 heavy (non-hydrogen) atoms. The lowest BCUT2D eigenvalue weighted by atomic mass is 9.85. The second kappa shape index (κ2) is 8.85. The van der Waals surface area contributed by atoms with Crippen LogP contribution in [0.4, 0.5) is 13.2 Å². The van der Waals surface area contributed by atoms with Crippen molar-refractivity contribution in [3.63, 3.8) is 0 Å². The Morgan fingerprint density at radius 1 is 1.22 bits per heavy atom. The summed E-state index contributed by atoms with van der Waals surface area (Å²) >= 11 is 16.9. The average molecular weight is 567 g/mol. The van der Waals surface area contributed by atoms with Crippen LogP contribution >= 0.6 is 50.9 Å². The first-order valence-corrected chi connectivity index (χ1v) is 12.5. The molecule has 3 nitrogen and oxygen atoms in total. The zero-order valence-corrected chi connectivity index (χ0v) is 20.6. The highest BCUT2D eigenvalue weighted by atomic mass is 79.9. The van der Waals surface area contributed by atoms with Crippen molar-refractivity contribution in [1.29, 1.82) is 0 Å². The molecule has 1 saturated heterocycles. The molecule has 2 aromatic carbocycles. The standard InChI is InChI=1S/C22H17BrCl2F3NO2S/c1-11-4-13(2-3-17(11)18(30)5-12-9-32-10-12)19-20(23)21(31-29-19,22(26,27)28)14-6-15(24)8-16(25)7-14/h2-4,6-8,12,20H,5,9-10H2,1H3. The predicted molar refractivity (Wildman–Crippen MR) is 125 cm³/mol. The van der Waals surface area contributed by atoms with Crippen LogP contribution in [0.5, 0.6) is 0 Å². The topological polar surface area (TPSA) is 38.7 Å². The fourth-order valence-corrected chi connectivity index (χ4v) is 6.13. The van der Waals surface area contributed by atoms with E-state index in [9.17, 15) is 18.0 Å². The minimum Gasteiger partial charge on any atom is -0.373 e. The van der Waals surface area contributed by atoms with Crippen molar-refractivity contribution in [3.05, 3.63) is 68.7 Å². The SMILES string of the molecule is Cc1cc(C2=NOC(c3cc(Cl)cc(Cl)c3)(C(F)(F)F)C2Br)ccc1C(=O)CC1CSC1. The number of halogens is 6. The number of Topliss-reactive ketones (excluding diaryl/α,β-unsaturated/α-hetero) is 1. The highest BCUT2D eigenvalue weighted by Crippen LogP contribution is 2.52. The lowest BCUT2D eigenvalue weighted by molar-refractivity contribution is -0.273. The summed E-state index contributed by atoms with van der Waals surface area (Å²) in [5.74, 6) is 2.39. The summed E-state index contributed by atoms with van der Waals surface area (Å²) < 4.78 is 43.1. The van der Waals surface area contributed by atoms with E-state index in [0.29, 0.717) is 29.0 Å². The van der Waals surface area contributed by atoms with Crippen LogP contribution in [0.15, 0.2) is 41.6 Å². The maximum absolute atomic E-state index is 14.4. The van der Waals surface area contributed by atoms with E-state index in [1.807, 2.05) is 11.8 Å². The van der Waals surface area contributed by atoms with Gasteiger partial charge in [-0.15, -0.1) is 0 Å². The Morgan fingerprint density at radius 3 is 2.41 bits per heavy atom. The summed E-state index contributed by atoms with van der Waals surface area (Å²) in [5.41, 5.74) is -1.32. The Balaban J connectivity index is 1.67. The Hall–Kier alpha value is -1.22. The third-order valence-electron chi connectivity index (χ3n) is 5.60. The van der Waals surface area contributed by atoms with E-state index < -0.39 is 16.6 Å². The van der Waals surface area contributed by atoms with Crippen LogP contribution in [-0.2, 0) is 10.4 Å². The number of nitrogens with zero attached hydrogens (tertiary/aromatic N) is 1. The van der Waals surface area contributed by atoms with E-state index in [0.717, 1.165) is 11.5 Å². The summed E-state index contributed by atoms with van der Waals surface area (Å²) in [6, 6.07) is 8.59. The van der Waals surface area contributed by atoms with Crippen molar-refractivity contribution >= 4 is 62.4 Å². The molecule has 1 fully saturated rings. The van der Waals surface area contributed by atoms with Gasteiger partial charge < -0.3 is 4.84 Å². The molecule has 10 heteroatoms. The van der Waals surface area contributed by atoms with Gasteiger partial charge in [-0.05, 0) is 54.2 Å². The smallest absolute Gasteiger partial charge is 0.373 e. The van der Waals surface area contributed by atoms with E-state index >= 15 is 0 Å². The number of carbonyl (C=O) groups excluding carboxylic acids is 1. The number of rotatable bonds is 5. The van der Waals surface area contributed by atoms with Crippen LogP contribution in [-0.4, -0.2) is 34.0 Å². The summed E-state index contributed by atoms with van der Waals surface area (Å²) in [6.07, 6.45) is -4.35. The van der Waals surface area contributed by atoms with Gasteiger partial charge >= 0.3 is 6.18 Å². The average Bonchev–Trinajstić information content (AvgIpc) is 3.01. The minimum absolute atomic E-state index is 0.0394. The number of hydrogen-bond donors (Lipinski definition) is 0. The van der Waals surface area contributed by atoms with Gasteiger partial charge in [0, 0.05) is 33.2 Å². The predicted octanol–water partition coefficient (Wildman–Crippen LogP) is 7.19. The first-order chi connectivity index (χ1) is 15.0. The third kappa shape index (κ3) is 4.19. The van der Waals surface area contributed by atoms with Gasteiger partial charge in [0.25, 0.3) is 5.60 Å². The van der Waals surface area contributed by atoms with Gasteiger partial charge in [0.05, 0.1) is 0 Å². The Labute approximate surface area is 205 Å². The number of carbonyl (C=O) groups is 1. The number of ketones is 1. The van der Waals surface area contributed by atoms with Crippen molar-refractivity contribution in [3.8, 4) is 0 Å². The van der Waals surface area contributed by atoms with Gasteiger partial charge in [0.15, 0.2) is 5.78 Å². The third-order valence-corrected chi connectivity index (χ3v) is 8.53. The number of oxime groups is 1. The molecule has 2 unspecified atom stereocenters. The highest BCUT2D eigenvalue weighted by Gasteiger charge is 2.67. The maximum Gasteiger partial charge on any atom is 0.436 e. The van der Waals surface area contributed by atoms with Crippen LogP contribution < -0.4 is 0 Å². The van der Waals surface area contributed by atoms with Crippen molar-refractivity contribution in [2.45, 2.75) is 29.9 Å². The van der Waals surface area contributed by atoms with Gasteiger partial charge in [0.2, 0.25) is 0 Å². The minimum atomic E-state index is -4.83. The largest absolute Gasteiger partial charge is 0.436 e. The van der Waals surface area contributed by atoms with Crippen LogP contribution in [0.25, 0.3) is 0 Å². The van der Waals surface area contributed by atoms with Crippen LogP contribution in [0.1, 0.15) is 33.5 Å². The van der Waals surface area contributed by atoms with Gasteiger partial charge in [-0.3, -0.25) is 4.79 Å². The molecule has 2 aliphatic rings. The summed E-state index contributed by atoms with van der Waals surface area (Å²) in [7, 11) is 0. The van der Waals surface area contributed by atoms with Crippen LogP contribution in [0.2, 0.25) is 10.0 Å². The van der Waals surface area contributed by atoms with Crippen LogP contribution in [0, 0.1) is 12.8 Å². The number of thioether (sulfide) groups is 1. The molecule has 0 aliphatic carbocycles. The van der Waals surface area contributed by atoms with E-state index in [2.05, 4.69) is 21.1 Å². The van der Waals surface area contributed by atoms with E-state index in [1.165, 1.54) is 18.2 Å². The summed E-state index contributed by atoms with van der Waals surface area (Å²) in [5, 5.41) is 3.91. The molecule has 0 N–H and O–H groups in total. The Morgan fingerprint density at radius 2 is 1.88 bits per heavy atom. The van der Waals surface area contributed by atoms with Gasteiger partial charge in [0.1, 0.15) is 10.5 Å². The van der Waals surface area contributed by atoms with Gasteiger partial charge in [-0.2, -0.15) is 24.9 Å². The number of alkyl halides is 4. The van der Waals surface area contributed by atoms with Crippen molar-refractivity contribution in [1.82, 2.24) is 0 Å². The molecule has 2 atom stereocenters. The molecule has 0 bridgehead atoms. The Kier molecular flexibility index (Phi) is 6.62. The van der Waals surface area contributed by atoms with E-state index in [-0.39, 0.29) is 27.1 Å². The Bertz CT molecular complexity index is 1090. The molecular weight excluding hydrogens is 550 g/mol. The number of benzene rings is 2. The lowest BCUT2D eigenvalue weighted by Gasteiger charge is -2.33. The summed E-state index contributed by atoms with van der Waals surface area (Å²) in [4.78, 5) is 16.3. The lowest BCUT2D eigenvalue weighted by Crippen LogP contribution is -2.50. The fourth-order valence-electron chi connectivity index (χ4n) is 3.84. The van der Waals surface area contributed by atoms with Crippen molar-refractivity contribution in [2.75, 3.05) is 11.5 Å². The highest BCUT2D eigenvalue weighted by molar-refractivity contribution is 9.10. The normalized spacial score (nSPS) is 23.5. The molecule has 0 spiro atoms. The second-order valence-corrected chi connectivity index (χ2v) is 10.7. The van der Waals surface area contributed by atoms with Crippen molar-refractivity contribution in [2.24, 2.45) is 11.1 Å². The second-order valence-electron chi connectivity index (χ2n) is 7.88. The molecule has 2 aliphatic heterocycles. The van der Waals surface area contributed by atoms with E-state index in [4.69, 9.17) is 28.0 Å². The summed E-state index contributed by atoms with van der Waals surface area (Å²) in [6.45, 7) is 1.76. The van der Waals surface area contributed by atoms with Gasteiger partial charge in [-0.25, -0.2) is 0 Å². The monoisotopic (exact) mass is 565 g/mol. The van der Waals surface area contributed by atoms with Crippen LogP contribution in [0.3, 0.4) is 0 Å². The quantitative estimate of drug-likeness (QED) is 0.284. The number of hydrogen-bond acceptors (Lipinski definition) is 4. The molecule has 4 rings (SSSR count). The molecule has 2 aromatic rings. The molecule has 0 aromatic heterocycles. The molecule has 170 valence electrons. The molecule has 0 amide bonds. The fraction of sp³-hybridized carbons (Fsp3) is 0.364. The number of aryl methyl sites for hydroxylation is 1. The first-order valence-electron chi connectivity index (χ1n) is 9.68. The van der Waals surface area contributed by atoms with Crippen molar-refractivity contribution < 1.29 is 22.8 Å². The molecule has 2 heterocycles. The maximum atomic E-state index is 14.4. The zero-order chi connectivity index (χ0) is 23.3. The first kappa shape index (κ1) is 23.9. The molecular formula is C22H17BrCl2F3NO2S. The molecule has 0 radical (unpaired) electrons. The molecule has 0 saturated carbocycles. The zero-order valence-electron chi connectivity index (χ0n) is 16.7. The van der Waals surface area contributed by atoms with E-state index in [1.54, 1.807) is 25.1 Å². The van der Waals surface area contributed by atoms with Gasteiger partial charge in [-0.1, -0.05) is 56.4 Å².